The van der Waals surface area contributed by atoms with Crippen molar-refractivity contribution in [3.8, 4) is 0 Å². The van der Waals surface area contributed by atoms with E-state index < -0.39 is 0 Å². The molecule has 0 saturated carbocycles. The third kappa shape index (κ3) is 9.47. The minimum absolute atomic E-state index is 0. The molecule has 0 saturated heterocycles. The van der Waals surface area contributed by atoms with Crippen LogP contribution in [0.1, 0.15) is 44.7 Å². The van der Waals surface area contributed by atoms with Crippen molar-refractivity contribution in [2.45, 2.75) is 46.6 Å². The van der Waals surface area contributed by atoms with Gasteiger partial charge in [0, 0.05) is 39.9 Å². The SMILES string of the molecule is CCNC(=NCCCCOCC)N(C)Cc1ccc(CC)cc1.I. The van der Waals surface area contributed by atoms with Gasteiger partial charge < -0.3 is 15.0 Å². The van der Waals surface area contributed by atoms with E-state index in [4.69, 9.17) is 9.73 Å². The lowest BCUT2D eigenvalue weighted by Crippen LogP contribution is -2.38. The van der Waals surface area contributed by atoms with E-state index in [-0.39, 0.29) is 24.0 Å². The van der Waals surface area contributed by atoms with Crippen LogP contribution in [0.3, 0.4) is 0 Å². The summed E-state index contributed by atoms with van der Waals surface area (Å²) in [6.07, 6.45) is 3.22. The number of guanidine groups is 1. The Balaban J connectivity index is 0.00000529. The lowest BCUT2D eigenvalue weighted by atomic mass is 10.1. The highest BCUT2D eigenvalue weighted by Crippen LogP contribution is 2.07. The molecule has 1 rings (SSSR count). The van der Waals surface area contributed by atoms with E-state index in [0.29, 0.717) is 0 Å². The van der Waals surface area contributed by atoms with Gasteiger partial charge in [-0.15, -0.1) is 24.0 Å². The van der Waals surface area contributed by atoms with E-state index in [1.165, 1.54) is 11.1 Å². The number of halogens is 1. The Labute approximate surface area is 165 Å². The zero-order valence-corrected chi connectivity index (χ0v) is 18.0. The molecule has 0 radical (unpaired) electrons. The van der Waals surface area contributed by atoms with Crippen molar-refractivity contribution < 1.29 is 4.74 Å². The number of hydrogen-bond acceptors (Lipinski definition) is 2. The molecule has 1 aromatic carbocycles. The standard InChI is InChI=1S/C19H33N3O.HI/c1-5-17-10-12-18(13-11-17)16-22(4)19(20-6-2)21-14-8-9-15-23-7-3;/h10-13H,5-9,14-16H2,1-4H3,(H,20,21);1H. The molecule has 24 heavy (non-hydrogen) atoms. The van der Waals surface area contributed by atoms with Crippen LogP contribution in [0.15, 0.2) is 29.3 Å². The molecule has 5 heteroatoms. The lowest BCUT2D eigenvalue weighted by molar-refractivity contribution is 0.144. The van der Waals surface area contributed by atoms with Gasteiger partial charge in [-0.3, -0.25) is 4.99 Å². The smallest absolute Gasteiger partial charge is 0.193 e. The third-order valence-corrected chi connectivity index (χ3v) is 3.71. The van der Waals surface area contributed by atoms with Gasteiger partial charge in [0.15, 0.2) is 5.96 Å². The van der Waals surface area contributed by atoms with E-state index in [9.17, 15) is 0 Å². The Morgan fingerprint density at radius 3 is 2.33 bits per heavy atom. The summed E-state index contributed by atoms with van der Waals surface area (Å²) in [5.41, 5.74) is 2.69. The van der Waals surface area contributed by atoms with E-state index in [0.717, 1.165) is 58.1 Å². The number of rotatable bonds is 10. The fourth-order valence-corrected chi connectivity index (χ4v) is 2.34. The fraction of sp³-hybridized carbons (Fsp3) is 0.632. The van der Waals surface area contributed by atoms with Crippen LogP contribution < -0.4 is 5.32 Å². The molecule has 0 amide bonds. The van der Waals surface area contributed by atoms with Crippen LogP contribution in [0.4, 0.5) is 0 Å². The molecule has 1 aromatic rings. The van der Waals surface area contributed by atoms with Gasteiger partial charge in [-0.2, -0.15) is 0 Å². The number of unbranched alkanes of at least 4 members (excludes halogenated alkanes) is 1. The highest BCUT2D eigenvalue weighted by Gasteiger charge is 2.06. The van der Waals surface area contributed by atoms with Crippen LogP contribution in [0, 0.1) is 0 Å². The first-order valence-corrected chi connectivity index (χ1v) is 8.86. The molecule has 0 bridgehead atoms. The maximum absolute atomic E-state index is 5.36. The second-order valence-corrected chi connectivity index (χ2v) is 5.67. The van der Waals surface area contributed by atoms with Gasteiger partial charge >= 0.3 is 0 Å². The summed E-state index contributed by atoms with van der Waals surface area (Å²) in [5.74, 6) is 0.975. The number of nitrogens with zero attached hydrogens (tertiary/aromatic N) is 2. The largest absolute Gasteiger partial charge is 0.382 e. The molecule has 4 nitrogen and oxygen atoms in total. The van der Waals surface area contributed by atoms with Crippen LogP contribution >= 0.6 is 24.0 Å². The normalized spacial score (nSPS) is 11.1. The number of nitrogens with one attached hydrogen (secondary N) is 1. The van der Waals surface area contributed by atoms with Gasteiger partial charge in [0.25, 0.3) is 0 Å². The van der Waals surface area contributed by atoms with Crippen LogP contribution in [0.25, 0.3) is 0 Å². The van der Waals surface area contributed by atoms with E-state index in [2.05, 4.69) is 55.4 Å². The molecule has 1 N–H and O–H groups in total. The summed E-state index contributed by atoms with van der Waals surface area (Å²) in [6.45, 7) is 10.5. The fourth-order valence-electron chi connectivity index (χ4n) is 2.34. The Bertz CT molecular complexity index is 448. The molecule has 0 aliphatic rings. The van der Waals surface area contributed by atoms with Gasteiger partial charge in [0.05, 0.1) is 0 Å². The van der Waals surface area contributed by atoms with Gasteiger partial charge in [-0.05, 0) is 44.2 Å². The molecule has 0 unspecified atom stereocenters. The number of hydrogen-bond donors (Lipinski definition) is 1. The zero-order chi connectivity index (χ0) is 16.9. The first-order valence-electron chi connectivity index (χ1n) is 8.86. The monoisotopic (exact) mass is 447 g/mol. The Kier molecular flexibility index (Phi) is 14.0. The van der Waals surface area contributed by atoms with Crippen molar-refractivity contribution in [2.75, 3.05) is 33.4 Å². The van der Waals surface area contributed by atoms with Gasteiger partial charge in [-0.1, -0.05) is 31.2 Å². The van der Waals surface area contributed by atoms with Crippen LogP contribution in [0.5, 0.6) is 0 Å². The zero-order valence-electron chi connectivity index (χ0n) is 15.7. The minimum Gasteiger partial charge on any atom is -0.382 e. The van der Waals surface area contributed by atoms with Crippen molar-refractivity contribution in [1.82, 2.24) is 10.2 Å². The van der Waals surface area contributed by atoms with Crippen LogP contribution in [0.2, 0.25) is 0 Å². The average Bonchev–Trinajstić information content (AvgIpc) is 2.57. The van der Waals surface area contributed by atoms with Crippen molar-refractivity contribution in [2.24, 2.45) is 4.99 Å². The van der Waals surface area contributed by atoms with Crippen LogP contribution in [-0.2, 0) is 17.7 Å². The van der Waals surface area contributed by atoms with E-state index in [1.807, 2.05) is 6.92 Å². The third-order valence-electron chi connectivity index (χ3n) is 3.71. The van der Waals surface area contributed by atoms with Gasteiger partial charge in [0.2, 0.25) is 0 Å². The molecular formula is C19H34IN3O. The van der Waals surface area contributed by atoms with E-state index >= 15 is 0 Å². The Morgan fingerprint density at radius 2 is 1.75 bits per heavy atom. The van der Waals surface area contributed by atoms with Crippen molar-refractivity contribution in [1.29, 1.82) is 0 Å². The highest BCUT2D eigenvalue weighted by atomic mass is 127. The first kappa shape index (κ1) is 23.2. The summed E-state index contributed by atoms with van der Waals surface area (Å²) in [6, 6.07) is 8.84. The molecule has 0 aliphatic heterocycles. The Hall–Kier alpha value is -0.820. The van der Waals surface area contributed by atoms with Crippen LogP contribution in [-0.4, -0.2) is 44.2 Å². The predicted molar refractivity (Wildman–Crippen MR) is 114 cm³/mol. The summed E-state index contributed by atoms with van der Waals surface area (Å²) in [5, 5.41) is 3.37. The quantitative estimate of drug-likeness (QED) is 0.254. The number of aryl methyl sites for hydroxylation is 1. The number of ether oxygens (including phenoxy) is 1. The maximum atomic E-state index is 5.36. The lowest BCUT2D eigenvalue weighted by Gasteiger charge is -2.22. The van der Waals surface area contributed by atoms with Crippen molar-refractivity contribution >= 4 is 29.9 Å². The summed E-state index contributed by atoms with van der Waals surface area (Å²) in [4.78, 5) is 6.90. The summed E-state index contributed by atoms with van der Waals surface area (Å²) in [7, 11) is 2.09. The topological polar surface area (TPSA) is 36.9 Å². The molecular weight excluding hydrogens is 413 g/mol. The molecule has 138 valence electrons. The summed E-state index contributed by atoms with van der Waals surface area (Å²) >= 11 is 0. The second-order valence-electron chi connectivity index (χ2n) is 5.67. The number of aliphatic imine (C=N–C) groups is 1. The molecule has 0 aromatic heterocycles. The molecule has 0 fully saturated rings. The highest BCUT2D eigenvalue weighted by molar-refractivity contribution is 14.0. The summed E-state index contributed by atoms with van der Waals surface area (Å²) < 4.78 is 5.36. The molecule has 0 spiro atoms. The Morgan fingerprint density at radius 1 is 1.08 bits per heavy atom. The predicted octanol–water partition coefficient (Wildman–Crippen LogP) is 4.08. The van der Waals surface area contributed by atoms with Gasteiger partial charge in [0.1, 0.15) is 0 Å². The van der Waals surface area contributed by atoms with Crippen molar-refractivity contribution in [3.05, 3.63) is 35.4 Å². The average molecular weight is 447 g/mol. The molecule has 0 heterocycles. The molecule has 0 atom stereocenters. The van der Waals surface area contributed by atoms with E-state index in [1.54, 1.807) is 0 Å². The maximum Gasteiger partial charge on any atom is 0.193 e. The first-order chi connectivity index (χ1) is 11.2. The molecule has 0 aliphatic carbocycles. The van der Waals surface area contributed by atoms with Crippen molar-refractivity contribution in [3.63, 3.8) is 0 Å². The number of benzene rings is 1. The minimum atomic E-state index is 0. The second kappa shape index (κ2) is 14.5. The van der Waals surface area contributed by atoms with Gasteiger partial charge in [-0.25, -0.2) is 0 Å².